The van der Waals surface area contributed by atoms with Gasteiger partial charge in [-0.25, -0.2) is 0 Å². The zero-order valence-electron chi connectivity index (χ0n) is 23.3. The molecule has 0 bridgehead atoms. The van der Waals surface area contributed by atoms with Crippen LogP contribution < -0.4 is 10.1 Å². The number of carbonyl (C=O) groups is 1. The summed E-state index contributed by atoms with van der Waals surface area (Å²) in [7, 11) is 0. The highest BCUT2D eigenvalue weighted by molar-refractivity contribution is 5.97. The molecule has 1 saturated heterocycles. The molecule has 3 heterocycles. The average molecular weight is 505 g/mol. The highest BCUT2D eigenvalue weighted by Crippen LogP contribution is 2.58. The third-order valence-corrected chi connectivity index (χ3v) is 9.49. The van der Waals surface area contributed by atoms with Crippen molar-refractivity contribution < 1.29 is 14.3 Å². The van der Waals surface area contributed by atoms with Gasteiger partial charge >= 0.3 is 0 Å². The first-order valence-electron chi connectivity index (χ1n) is 14.7. The lowest BCUT2D eigenvalue weighted by atomic mass is 9.79. The largest absolute Gasteiger partial charge is 0.493 e. The molecule has 200 valence electrons. The molecule has 0 radical (unpaired) electrons. The summed E-state index contributed by atoms with van der Waals surface area (Å²) >= 11 is 0. The molecular formula is C32H44N2O3. The molecule has 5 heteroatoms. The van der Waals surface area contributed by atoms with Crippen molar-refractivity contribution in [3.05, 3.63) is 40.6 Å². The van der Waals surface area contributed by atoms with E-state index in [1.807, 2.05) is 0 Å². The zero-order valence-corrected chi connectivity index (χ0v) is 23.3. The van der Waals surface area contributed by atoms with E-state index in [9.17, 15) is 4.79 Å². The summed E-state index contributed by atoms with van der Waals surface area (Å²) in [4.78, 5) is 13.5. The number of hydrogen-bond donors (Lipinski definition) is 1. The van der Waals surface area contributed by atoms with Gasteiger partial charge in [-0.3, -0.25) is 4.79 Å². The Bertz CT molecular complexity index is 1150. The lowest BCUT2D eigenvalue weighted by Gasteiger charge is -2.33. The number of fused-ring (bicyclic) bond motifs is 2. The Morgan fingerprint density at radius 2 is 1.84 bits per heavy atom. The van der Waals surface area contributed by atoms with Crippen molar-refractivity contribution in [3.63, 3.8) is 0 Å². The minimum Gasteiger partial charge on any atom is -0.493 e. The average Bonchev–Trinajstić information content (AvgIpc) is 3.30. The summed E-state index contributed by atoms with van der Waals surface area (Å²) in [5.41, 5.74) is 7.29. The maximum absolute atomic E-state index is 13.5. The molecule has 2 aliphatic carbocycles. The van der Waals surface area contributed by atoms with E-state index in [0.717, 1.165) is 49.6 Å². The molecule has 1 spiro atoms. The van der Waals surface area contributed by atoms with Crippen molar-refractivity contribution in [2.45, 2.75) is 109 Å². The van der Waals surface area contributed by atoms with Gasteiger partial charge in [-0.1, -0.05) is 40.0 Å². The van der Waals surface area contributed by atoms with Crippen LogP contribution in [-0.4, -0.2) is 36.3 Å². The number of hydrogen-bond acceptors (Lipinski definition) is 3. The van der Waals surface area contributed by atoms with Crippen LogP contribution >= 0.6 is 0 Å². The molecule has 6 rings (SSSR count). The molecule has 5 nitrogen and oxygen atoms in total. The number of rotatable bonds is 5. The minimum atomic E-state index is -0.0218. The Hall–Kier alpha value is -2.27. The Morgan fingerprint density at radius 1 is 1.05 bits per heavy atom. The number of benzene rings is 1. The van der Waals surface area contributed by atoms with Crippen LogP contribution in [-0.2, 0) is 22.1 Å². The summed E-state index contributed by atoms with van der Waals surface area (Å²) < 4.78 is 14.3. The van der Waals surface area contributed by atoms with Gasteiger partial charge < -0.3 is 19.4 Å². The van der Waals surface area contributed by atoms with E-state index < -0.39 is 0 Å². The van der Waals surface area contributed by atoms with E-state index in [1.165, 1.54) is 67.3 Å². The molecule has 1 amide bonds. The number of carbonyl (C=O) groups excluding carboxylic acids is 1. The van der Waals surface area contributed by atoms with Gasteiger partial charge in [0.15, 0.2) is 0 Å². The maximum Gasteiger partial charge on any atom is 0.253 e. The molecule has 2 saturated carbocycles. The predicted octanol–water partition coefficient (Wildman–Crippen LogP) is 6.67. The molecule has 1 aromatic carbocycles. The van der Waals surface area contributed by atoms with Gasteiger partial charge in [0, 0.05) is 41.1 Å². The standard InChI is InChI=1S/C32H44N2O3/c1-21-25(30(35)33-24-10-14-36-20-24)18-28(34(21)19-22-8-6-5-7-9-22)23-16-26(31(2,3)4)29-27(17-23)32(11-12-32)13-15-37-29/h16-18,22,24H,5-15,19-20H2,1-4H3,(H,33,35)/t24-/m1/s1. The van der Waals surface area contributed by atoms with Crippen molar-refractivity contribution in [1.29, 1.82) is 0 Å². The second-order valence-corrected chi connectivity index (χ2v) is 13.2. The number of ether oxygens (including phenoxy) is 2. The Kier molecular flexibility index (Phi) is 6.42. The van der Waals surface area contributed by atoms with E-state index in [0.29, 0.717) is 17.9 Å². The molecule has 37 heavy (non-hydrogen) atoms. The molecule has 4 aliphatic rings. The first-order chi connectivity index (χ1) is 17.7. The van der Waals surface area contributed by atoms with Gasteiger partial charge in [0.05, 0.1) is 24.8 Å². The number of nitrogens with zero attached hydrogens (tertiary/aromatic N) is 1. The second kappa shape index (κ2) is 9.48. The summed E-state index contributed by atoms with van der Waals surface area (Å²) in [5.74, 6) is 1.84. The molecule has 0 unspecified atom stereocenters. The van der Waals surface area contributed by atoms with Gasteiger partial charge in [-0.15, -0.1) is 0 Å². The second-order valence-electron chi connectivity index (χ2n) is 13.2. The fourth-order valence-electron chi connectivity index (χ4n) is 6.93. The van der Waals surface area contributed by atoms with Crippen LogP contribution in [0, 0.1) is 12.8 Å². The Labute approximate surface area is 222 Å². The van der Waals surface area contributed by atoms with Crippen molar-refractivity contribution in [2.75, 3.05) is 19.8 Å². The predicted molar refractivity (Wildman–Crippen MR) is 148 cm³/mol. The molecule has 3 fully saturated rings. The summed E-state index contributed by atoms with van der Waals surface area (Å²) in [5, 5.41) is 3.24. The van der Waals surface area contributed by atoms with Crippen LogP contribution in [0.5, 0.6) is 5.75 Å². The van der Waals surface area contributed by atoms with E-state index >= 15 is 0 Å². The molecule has 1 N–H and O–H groups in total. The van der Waals surface area contributed by atoms with E-state index in [-0.39, 0.29) is 17.4 Å². The molecule has 2 aliphatic heterocycles. The zero-order chi connectivity index (χ0) is 25.8. The van der Waals surface area contributed by atoms with Crippen molar-refractivity contribution in [3.8, 4) is 17.0 Å². The number of nitrogens with one attached hydrogen (secondary N) is 1. The highest BCUT2D eigenvalue weighted by atomic mass is 16.5. The van der Waals surface area contributed by atoms with E-state index in [4.69, 9.17) is 9.47 Å². The van der Waals surface area contributed by atoms with Gasteiger partial charge in [0.25, 0.3) is 5.91 Å². The minimum absolute atomic E-state index is 0.0218. The number of aromatic nitrogens is 1. The van der Waals surface area contributed by atoms with Crippen LogP contribution in [0.3, 0.4) is 0 Å². The quantitative estimate of drug-likeness (QED) is 0.494. The summed E-state index contributed by atoms with van der Waals surface area (Å²) in [6, 6.07) is 7.05. The normalized spacial score (nSPS) is 23.1. The fraction of sp³-hybridized carbons (Fsp3) is 0.656. The van der Waals surface area contributed by atoms with Crippen LogP contribution in [0.25, 0.3) is 11.3 Å². The van der Waals surface area contributed by atoms with Crippen molar-refractivity contribution >= 4 is 5.91 Å². The van der Waals surface area contributed by atoms with Crippen molar-refractivity contribution in [1.82, 2.24) is 9.88 Å². The van der Waals surface area contributed by atoms with E-state index in [1.54, 1.807) is 0 Å². The maximum atomic E-state index is 13.5. The van der Waals surface area contributed by atoms with Crippen LogP contribution in [0.15, 0.2) is 18.2 Å². The first kappa shape index (κ1) is 25.0. The first-order valence-corrected chi connectivity index (χ1v) is 14.7. The molecular weight excluding hydrogens is 460 g/mol. The third-order valence-electron chi connectivity index (χ3n) is 9.49. The monoisotopic (exact) mass is 504 g/mol. The summed E-state index contributed by atoms with van der Waals surface area (Å²) in [6.07, 6.45) is 11.1. The highest BCUT2D eigenvalue weighted by Gasteiger charge is 2.49. The van der Waals surface area contributed by atoms with Crippen LogP contribution in [0.4, 0.5) is 0 Å². The van der Waals surface area contributed by atoms with E-state index in [2.05, 4.69) is 55.8 Å². The smallest absolute Gasteiger partial charge is 0.253 e. The molecule has 2 aromatic rings. The molecule has 1 aromatic heterocycles. The topological polar surface area (TPSA) is 52.5 Å². The van der Waals surface area contributed by atoms with Gasteiger partial charge in [-0.2, -0.15) is 0 Å². The summed E-state index contributed by atoms with van der Waals surface area (Å²) in [6.45, 7) is 12.2. The Morgan fingerprint density at radius 3 is 2.51 bits per heavy atom. The Balaban J connectivity index is 1.46. The van der Waals surface area contributed by atoms with Gasteiger partial charge in [0.2, 0.25) is 0 Å². The lowest BCUT2D eigenvalue weighted by molar-refractivity contribution is 0.0929. The van der Waals surface area contributed by atoms with Crippen LogP contribution in [0.1, 0.15) is 106 Å². The fourth-order valence-corrected chi connectivity index (χ4v) is 6.93. The number of amides is 1. The van der Waals surface area contributed by atoms with Crippen LogP contribution in [0.2, 0.25) is 0 Å². The molecule has 1 atom stereocenters. The van der Waals surface area contributed by atoms with Gasteiger partial charge in [0.1, 0.15) is 5.75 Å². The third kappa shape index (κ3) is 4.73. The van der Waals surface area contributed by atoms with Crippen molar-refractivity contribution in [2.24, 2.45) is 5.92 Å². The lowest BCUT2D eigenvalue weighted by Crippen LogP contribution is -2.35. The van der Waals surface area contributed by atoms with Gasteiger partial charge in [-0.05, 0) is 80.5 Å². The SMILES string of the molecule is Cc1c(C(=O)N[C@@H]2CCOC2)cc(-c2cc(C(C)(C)C)c3c(c2)C2(CCO3)CC2)n1CC1CCCCC1.